The lowest BCUT2D eigenvalue weighted by Gasteiger charge is -2.12. The van der Waals surface area contributed by atoms with Gasteiger partial charge >= 0.3 is 0 Å². The molecule has 0 spiro atoms. The minimum Gasteiger partial charge on any atom is -0.398 e. The van der Waals surface area contributed by atoms with Crippen molar-refractivity contribution in [2.75, 3.05) is 5.73 Å². The van der Waals surface area contributed by atoms with E-state index in [4.69, 9.17) is 11.0 Å². The Morgan fingerprint density at radius 2 is 2.10 bits per heavy atom. The largest absolute Gasteiger partial charge is 0.398 e. The van der Waals surface area contributed by atoms with Crippen LogP contribution in [0.1, 0.15) is 12.8 Å². The fraction of sp³-hybridized carbons (Fsp3) is 0.214. The smallest absolute Gasteiger partial charge is 0.242 e. The predicted octanol–water partition coefficient (Wildman–Crippen LogP) is 2.33. The molecule has 1 aromatic carbocycles. The second-order valence-corrected chi connectivity index (χ2v) is 7.52. The summed E-state index contributed by atoms with van der Waals surface area (Å²) in [5.41, 5.74) is 7.20. The summed E-state index contributed by atoms with van der Waals surface area (Å²) in [4.78, 5) is 0.0838. The normalized spacial score (nSPS) is 16.3. The van der Waals surface area contributed by atoms with Gasteiger partial charge in [-0.05, 0) is 47.4 Å². The van der Waals surface area contributed by atoms with Crippen LogP contribution in [0.3, 0.4) is 0 Å². The first kappa shape index (κ1) is 14.1. The molecule has 108 valence electrons. The number of thiophene rings is 1. The zero-order valence-electron chi connectivity index (χ0n) is 11.0. The number of hydrogen-bond acceptors (Lipinski definition) is 5. The van der Waals surface area contributed by atoms with Gasteiger partial charge in [-0.25, -0.2) is 8.42 Å². The Bertz CT molecular complexity index is 816. The van der Waals surface area contributed by atoms with Crippen LogP contribution in [-0.4, -0.2) is 14.0 Å². The molecule has 2 aromatic rings. The van der Waals surface area contributed by atoms with Gasteiger partial charge in [-0.1, -0.05) is 6.07 Å². The first-order valence-electron chi connectivity index (χ1n) is 6.33. The summed E-state index contributed by atoms with van der Waals surface area (Å²) < 4.78 is 27.0. The topological polar surface area (TPSA) is 96.0 Å². The van der Waals surface area contributed by atoms with E-state index in [2.05, 4.69) is 4.72 Å². The minimum absolute atomic E-state index is 0.0838. The van der Waals surface area contributed by atoms with Gasteiger partial charge in [0.2, 0.25) is 10.0 Å². The molecular weight excluding hydrogens is 306 g/mol. The van der Waals surface area contributed by atoms with Gasteiger partial charge in [0.05, 0.1) is 11.0 Å². The van der Waals surface area contributed by atoms with E-state index in [1.807, 2.05) is 22.9 Å². The summed E-state index contributed by atoms with van der Waals surface area (Å²) in [5.74, 6) is 0. The highest BCUT2D eigenvalue weighted by Crippen LogP contribution is 2.36. The van der Waals surface area contributed by atoms with E-state index in [9.17, 15) is 8.42 Å². The Hall–Kier alpha value is -1.88. The molecule has 0 aliphatic heterocycles. The fourth-order valence-electron chi connectivity index (χ4n) is 2.07. The maximum Gasteiger partial charge on any atom is 0.242 e. The second-order valence-electron chi connectivity index (χ2n) is 5.06. The van der Waals surface area contributed by atoms with E-state index in [-0.39, 0.29) is 4.90 Å². The third kappa shape index (κ3) is 2.65. The van der Waals surface area contributed by atoms with Crippen molar-refractivity contribution in [3.05, 3.63) is 35.0 Å². The van der Waals surface area contributed by atoms with Gasteiger partial charge in [-0.2, -0.15) is 21.3 Å². The average Bonchev–Trinajstić information content (AvgIpc) is 3.00. The molecule has 0 atom stereocenters. The number of nitriles is 1. The molecule has 0 bridgehead atoms. The molecule has 1 saturated carbocycles. The molecule has 21 heavy (non-hydrogen) atoms. The van der Waals surface area contributed by atoms with Crippen molar-refractivity contribution in [1.82, 2.24) is 4.72 Å². The molecule has 3 N–H and O–H groups in total. The summed E-state index contributed by atoms with van der Waals surface area (Å²) in [6.07, 6.45) is 1.09. The van der Waals surface area contributed by atoms with Crippen LogP contribution in [0, 0.1) is 11.3 Å². The number of rotatable bonds is 4. The molecular formula is C14H13N3O2S2. The van der Waals surface area contributed by atoms with Crippen molar-refractivity contribution in [3.8, 4) is 17.2 Å². The standard InChI is InChI=1S/C14H13N3O2S2/c15-9-14(4-5-14)17-21(18,19)11-1-2-12(13(16)7-11)10-3-6-20-8-10/h1-3,6-8,17H,4-5,16H2. The van der Waals surface area contributed by atoms with Gasteiger partial charge in [-0.3, -0.25) is 0 Å². The monoisotopic (exact) mass is 319 g/mol. The van der Waals surface area contributed by atoms with Crippen LogP contribution in [0.5, 0.6) is 0 Å². The lowest BCUT2D eigenvalue weighted by atomic mass is 10.1. The van der Waals surface area contributed by atoms with Crippen molar-refractivity contribution in [1.29, 1.82) is 5.26 Å². The Morgan fingerprint density at radius 3 is 2.62 bits per heavy atom. The number of nitrogens with two attached hydrogens (primary N) is 1. The van der Waals surface area contributed by atoms with E-state index in [0.717, 1.165) is 11.1 Å². The summed E-state index contributed by atoms with van der Waals surface area (Å²) in [5, 5.41) is 12.9. The third-order valence-corrected chi connectivity index (χ3v) is 5.68. The van der Waals surface area contributed by atoms with Crippen LogP contribution >= 0.6 is 11.3 Å². The number of nitrogens with zero attached hydrogens (tertiary/aromatic N) is 1. The van der Waals surface area contributed by atoms with Gasteiger partial charge in [0.1, 0.15) is 5.54 Å². The Labute approximate surface area is 127 Å². The van der Waals surface area contributed by atoms with Crippen LogP contribution in [0.4, 0.5) is 5.69 Å². The van der Waals surface area contributed by atoms with Crippen molar-refractivity contribution < 1.29 is 8.42 Å². The second kappa shape index (κ2) is 4.84. The number of nitrogens with one attached hydrogen (secondary N) is 1. The van der Waals surface area contributed by atoms with Crippen LogP contribution in [0.15, 0.2) is 39.9 Å². The molecule has 1 heterocycles. The van der Waals surface area contributed by atoms with Crippen molar-refractivity contribution >= 4 is 27.0 Å². The van der Waals surface area contributed by atoms with E-state index in [0.29, 0.717) is 18.5 Å². The molecule has 0 unspecified atom stereocenters. The summed E-state index contributed by atoms with van der Waals surface area (Å²) in [7, 11) is -3.73. The molecule has 1 aliphatic rings. The quantitative estimate of drug-likeness (QED) is 0.845. The lowest BCUT2D eigenvalue weighted by Crippen LogP contribution is -2.35. The zero-order valence-corrected chi connectivity index (χ0v) is 12.7. The highest BCUT2D eigenvalue weighted by Gasteiger charge is 2.46. The van der Waals surface area contributed by atoms with Gasteiger partial charge in [-0.15, -0.1) is 0 Å². The van der Waals surface area contributed by atoms with Crippen molar-refractivity contribution in [3.63, 3.8) is 0 Å². The Balaban J connectivity index is 1.94. The molecule has 1 aromatic heterocycles. The number of hydrogen-bond donors (Lipinski definition) is 2. The maximum atomic E-state index is 12.3. The predicted molar refractivity (Wildman–Crippen MR) is 82.1 cm³/mol. The number of anilines is 1. The van der Waals surface area contributed by atoms with E-state index in [1.54, 1.807) is 17.4 Å². The average molecular weight is 319 g/mol. The van der Waals surface area contributed by atoms with E-state index < -0.39 is 15.6 Å². The van der Waals surface area contributed by atoms with Crippen LogP contribution in [-0.2, 0) is 10.0 Å². The lowest BCUT2D eigenvalue weighted by molar-refractivity contribution is 0.571. The third-order valence-electron chi connectivity index (χ3n) is 3.46. The Kier molecular flexibility index (Phi) is 3.24. The SMILES string of the molecule is N#CC1(NS(=O)(=O)c2ccc(-c3ccsc3)c(N)c2)CC1. The van der Waals surface area contributed by atoms with Gasteiger partial charge in [0.15, 0.2) is 0 Å². The van der Waals surface area contributed by atoms with E-state index in [1.165, 1.54) is 12.1 Å². The molecule has 0 radical (unpaired) electrons. The van der Waals surface area contributed by atoms with E-state index >= 15 is 0 Å². The van der Waals surface area contributed by atoms with Gasteiger partial charge < -0.3 is 5.73 Å². The fourth-order valence-corrected chi connectivity index (χ4v) is 4.13. The van der Waals surface area contributed by atoms with Gasteiger partial charge in [0, 0.05) is 11.3 Å². The molecule has 1 fully saturated rings. The minimum atomic E-state index is -3.73. The molecule has 5 nitrogen and oxygen atoms in total. The van der Waals surface area contributed by atoms with Crippen molar-refractivity contribution in [2.24, 2.45) is 0 Å². The van der Waals surface area contributed by atoms with Crippen LogP contribution in [0.25, 0.3) is 11.1 Å². The Morgan fingerprint density at radius 1 is 1.33 bits per heavy atom. The molecule has 0 amide bonds. The maximum absolute atomic E-state index is 12.3. The summed E-state index contributed by atoms with van der Waals surface area (Å²) in [6.45, 7) is 0. The molecule has 0 saturated heterocycles. The van der Waals surface area contributed by atoms with Crippen LogP contribution in [0.2, 0.25) is 0 Å². The zero-order chi connectivity index (χ0) is 15.1. The van der Waals surface area contributed by atoms with Gasteiger partial charge in [0.25, 0.3) is 0 Å². The molecule has 7 heteroatoms. The number of benzene rings is 1. The number of nitrogen functional groups attached to an aromatic ring is 1. The summed E-state index contributed by atoms with van der Waals surface area (Å²) in [6, 6.07) is 8.57. The van der Waals surface area contributed by atoms with Crippen molar-refractivity contribution in [2.45, 2.75) is 23.3 Å². The number of sulfonamides is 1. The highest BCUT2D eigenvalue weighted by molar-refractivity contribution is 7.89. The molecule has 3 rings (SSSR count). The summed E-state index contributed by atoms with van der Waals surface area (Å²) >= 11 is 1.55. The van der Waals surface area contributed by atoms with Crippen LogP contribution < -0.4 is 10.5 Å². The highest BCUT2D eigenvalue weighted by atomic mass is 32.2. The molecule has 1 aliphatic carbocycles. The first-order chi connectivity index (χ1) is 9.96. The first-order valence-corrected chi connectivity index (χ1v) is 8.76.